The number of ether oxygens (including phenoxy) is 1. The average molecular weight is 288 g/mol. The van der Waals surface area contributed by atoms with E-state index < -0.39 is 0 Å². The van der Waals surface area contributed by atoms with Gasteiger partial charge in [0.25, 0.3) is 0 Å². The van der Waals surface area contributed by atoms with Gasteiger partial charge in [-0.3, -0.25) is 9.36 Å². The Morgan fingerprint density at radius 3 is 2.89 bits per heavy atom. The molecule has 1 aromatic rings. The standard InChI is InChI=1S/C11H20N4O3S/c1-4-6-12-8(9(16)18-3)5-7-19-11-14-13-10(17)15(11)2/h8,12H,4-7H2,1-3H3,(H,13,17). The maximum absolute atomic E-state index is 11.6. The topological polar surface area (TPSA) is 89.0 Å². The summed E-state index contributed by atoms with van der Waals surface area (Å²) in [5, 5.41) is 10.0. The van der Waals surface area contributed by atoms with E-state index in [0.717, 1.165) is 13.0 Å². The highest BCUT2D eigenvalue weighted by atomic mass is 32.2. The van der Waals surface area contributed by atoms with Crippen LogP contribution in [0.3, 0.4) is 0 Å². The molecule has 0 aliphatic carbocycles. The first-order valence-electron chi connectivity index (χ1n) is 6.15. The van der Waals surface area contributed by atoms with E-state index in [1.807, 2.05) is 6.92 Å². The van der Waals surface area contributed by atoms with Gasteiger partial charge in [-0.25, -0.2) is 9.89 Å². The zero-order valence-electron chi connectivity index (χ0n) is 11.4. The van der Waals surface area contributed by atoms with Gasteiger partial charge in [-0.2, -0.15) is 0 Å². The molecular formula is C11H20N4O3S. The highest BCUT2D eigenvalue weighted by Crippen LogP contribution is 2.14. The third-order valence-corrected chi connectivity index (χ3v) is 3.67. The summed E-state index contributed by atoms with van der Waals surface area (Å²) in [5.74, 6) is 0.416. The number of nitrogens with one attached hydrogen (secondary N) is 2. The average Bonchev–Trinajstić information content (AvgIpc) is 2.73. The van der Waals surface area contributed by atoms with Crippen LogP contribution in [0, 0.1) is 0 Å². The van der Waals surface area contributed by atoms with Gasteiger partial charge < -0.3 is 10.1 Å². The number of hydrogen-bond acceptors (Lipinski definition) is 6. The number of carbonyl (C=O) groups excluding carboxylic acids is 1. The van der Waals surface area contributed by atoms with Gasteiger partial charge in [0.15, 0.2) is 5.16 Å². The van der Waals surface area contributed by atoms with Crippen LogP contribution in [0.25, 0.3) is 0 Å². The smallest absolute Gasteiger partial charge is 0.343 e. The van der Waals surface area contributed by atoms with E-state index in [0.29, 0.717) is 17.3 Å². The monoisotopic (exact) mass is 288 g/mol. The molecule has 1 heterocycles. The van der Waals surface area contributed by atoms with Crippen molar-refractivity contribution in [2.45, 2.75) is 31.0 Å². The Morgan fingerprint density at radius 2 is 2.37 bits per heavy atom. The molecule has 0 aliphatic rings. The predicted molar refractivity (Wildman–Crippen MR) is 73.3 cm³/mol. The summed E-state index contributed by atoms with van der Waals surface area (Å²) in [7, 11) is 3.04. The van der Waals surface area contributed by atoms with Gasteiger partial charge in [0.1, 0.15) is 6.04 Å². The van der Waals surface area contributed by atoms with Crippen molar-refractivity contribution in [1.29, 1.82) is 0 Å². The quantitative estimate of drug-likeness (QED) is 0.522. The number of rotatable bonds is 8. The molecule has 0 saturated heterocycles. The van der Waals surface area contributed by atoms with Crippen LogP contribution < -0.4 is 11.0 Å². The first-order valence-corrected chi connectivity index (χ1v) is 7.14. The van der Waals surface area contributed by atoms with Crippen molar-refractivity contribution in [3.63, 3.8) is 0 Å². The minimum atomic E-state index is -0.312. The molecule has 0 aliphatic heterocycles. The highest BCUT2D eigenvalue weighted by Gasteiger charge is 2.18. The van der Waals surface area contributed by atoms with Crippen LogP contribution in [0.1, 0.15) is 19.8 Å². The molecule has 0 spiro atoms. The van der Waals surface area contributed by atoms with Crippen molar-refractivity contribution in [3.05, 3.63) is 10.5 Å². The number of carbonyl (C=O) groups is 1. The summed E-state index contributed by atoms with van der Waals surface area (Å²) < 4.78 is 6.19. The van der Waals surface area contributed by atoms with Crippen LogP contribution in [0.4, 0.5) is 0 Å². The number of aromatic amines is 1. The molecule has 0 fully saturated rings. The second kappa shape index (κ2) is 8.00. The van der Waals surface area contributed by atoms with E-state index in [9.17, 15) is 9.59 Å². The molecule has 0 bridgehead atoms. The van der Waals surface area contributed by atoms with Crippen molar-refractivity contribution in [2.75, 3.05) is 19.4 Å². The minimum absolute atomic E-state index is 0.240. The zero-order chi connectivity index (χ0) is 14.3. The summed E-state index contributed by atoms with van der Waals surface area (Å²) in [6, 6.07) is -0.312. The van der Waals surface area contributed by atoms with Gasteiger partial charge in [-0.15, -0.1) is 5.10 Å². The van der Waals surface area contributed by atoms with Crippen LogP contribution in [-0.4, -0.2) is 46.2 Å². The van der Waals surface area contributed by atoms with Crippen LogP contribution in [0.5, 0.6) is 0 Å². The number of H-pyrrole nitrogens is 1. The van der Waals surface area contributed by atoms with Gasteiger partial charge >= 0.3 is 11.7 Å². The normalized spacial score (nSPS) is 12.4. The molecule has 0 radical (unpaired) electrons. The maximum atomic E-state index is 11.6. The summed E-state index contributed by atoms with van der Waals surface area (Å²) >= 11 is 1.43. The predicted octanol–water partition coefficient (Wildman–Crippen LogP) is 0.132. The fraction of sp³-hybridized carbons (Fsp3) is 0.727. The number of esters is 1. The molecule has 0 aromatic carbocycles. The molecule has 1 aromatic heterocycles. The Hall–Kier alpha value is -1.28. The van der Waals surface area contributed by atoms with Crippen molar-refractivity contribution in [3.8, 4) is 0 Å². The summed E-state index contributed by atoms with van der Waals surface area (Å²) in [6.07, 6.45) is 1.58. The molecule has 2 N–H and O–H groups in total. The van der Waals surface area contributed by atoms with Gasteiger partial charge in [-0.05, 0) is 19.4 Å². The van der Waals surface area contributed by atoms with E-state index in [1.54, 1.807) is 7.05 Å². The number of hydrogen-bond donors (Lipinski definition) is 2. The van der Waals surface area contributed by atoms with Gasteiger partial charge in [0.05, 0.1) is 7.11 Å². The third-order valence-electron chi connectivity index (χ3n) is 2.60. The number of methoxy groups -OCH3 is 1. The molecule has 8 heteroatoms. The molecule has 0 saturated carbocycles. The first kappa shape index (κ1) is 15.8. The Morgan fingerprint density at radius 1 is 1.63 bits per heavy atom. The minimum Gasteiger partial charge on any atom is -0.468 e. The fourth-order valence-electron chi connectivity index (χ4n) is 1.49. The zero-order valence-corrected chi connectivity index (χ0v) is 12.2. The van der Waals surface area contributed by atoms with Crippen molar-refractivity contribution in [2.24, 2.45) is 7.05 Å². The number of thioether (sulfide) groups is 1. The van der Waals surface area contributed by atoms with E-state index >= 15 is 0 Å². The van der Waals surface area contributed by atoms with Gasteiger partial charge in [0.2, 0.25) is 0 Å². The van der Waals surface area contributed by atoms with Crippen molar-refractivity contribution < 1.29 is 9.53 Å². The molecule has 1 atom stereocenters. The number of nitrogens with zero attached hydrogens (tertiary/aromatic N) is 2. The second-order valence-corrected chi connectivity index (χ2v) is 5.10. The summed E-state index contributed by atoms with van der Waals surface area (Å²) in [5.41, 5.74) is -0.240. The van der Waals surface area contributed by atoms with Gasteiger partial charge in [-0.1, -0.05) is 18.7 Å². The second-order valence-electron chi connectivity index (χ2n) is 4.04. The summed E-state index contributed by atoms with van der Waals surface area (Å²) in [4.78, 5) is 22.7. The molecule has 1 rings (SSSR count). The summed E-state index contributed by atoms with van der Waals surface area (Å²) in [6.45, 7) is 2.81. The molecular weight excluding hydrogens is 268 g/mol. The lowest BCUT2D eigenvalue weighted by atomic mass is 10.2. The Labute approximate surface area is 116 Å². The van der Waals surface area contributed by atoms with E-state index in [-0.39, 0.29) is 17.7 Å². The Bertz CT molecular complexity index is 457. The molecule has 1 unspecified atom stereocenters. The lowest BCUT2D eigenvalue weighted by molar-refractivity contribution is -0.143. The van der Waals surface area contributed by atoms with Gasteiger partial charge in [0, 0.05) is 12.8 Å². The van der Waals surface area contributed by atoms with Crippen LogP contribution in [0.2, 0.25) is 0 Å². The number of aromatic nitrogens is 3. The van der Waals surface area contributed by atoms with Crippen LogP contribution in [-0.2, 0) is 16.6 Å². The largest absolute Gasteiger partial charge is 0.468 e. The lowest BCUT2D eigenvalue weighted by Gasteiger charge is -2.15. The molecule has 19 heavy (non-hydrogen) atoms. The van der Waals surface area contributed by atoms with Crippen molar-refractivity contribution >= 4 is 17.7 Å². The molecule has 108 valence electrons. The molecule has 0 amide bonds. The van der Waals surface area contributed by atoms with E-state index in [1.165, 1.54) is 23.4 Å². The third kappa shape index (κ3) is 4.71. The van der Waals surface area contributed by atoms with Crippen molar-refractivity contribution in [1.82, 2.24) is 20.1 Å². The van der Waals surface area contributed by atoms with Crippen LogP contribution in [0.15, 0.2) is 9.95 Å². The van der Waals surface area contributed by atoms with E-state index in [2.05, 4.69) is 15.5 Å². The Kier molecular flexibility index (Phi) is 6.65. The van der Waals surface area contributed by atoms with E-state index in [4.69, 9.17) is 4.74 Å². The van der Waals surface area contributed by atoms with Crippen LogP contribution >= 0.6 is 11.8 Å². The highest BCUT2D eigenvalue weighted by molar-refractivity contribution is 7.99. The lowest BCUT2D eigenvalue weighted by Crippen LogP contribution is -2.38. The maximum Gasteiger partial charge on any atom is 0.343 e. The first-order chi connectivity index (χ1) is 9.10. The molecule has 7 nitrogen and oxygen atoms in total. The fourth-order valence-corrected chi connectivity index (χ4v) is 2.42. The SMILES string of the molecule is CCCNC(CCSc1n[nH]c(=O)n1C)C(=O)OC. The Balaban J connectivity index is 2.45.